The molecule has 0 radical (unpaired) electrons. The third-order valence-electron chi connectivity index (χ3n) is 4.81. The molecule has 32 heavy (non-hydrogen) atoms. The number of nitrogens with one attached hydrogen (secondary N) is 1. The van der Waals surface area contributed by atoms with E-state index in [1.165, 1.54) is 12.1 Å². The number of nitrogens with zero attached hydrogens (tertiary/aromatic N) is 3. The average Bonchev–Trinajstić information content (AvgIpc) is 3.21. The van der Waals surface area contributed by atoms with Crippen molar-refractivity contribution in [2.75, 3.05) is 26.2 Å². The largest absolute Gasteiger partial charge is 0.351 e. The number of benzene rings is 2. The van der Waals surface area contributed by atoms with Crippen LogP contribution in [0.5, 0.6) is 0 Å². The summed E-state index contributed by atoms with van der Waals surface area (Å²) in [6.07, 6.45) is -1.40. The summed E-state index contributed by atoms with van der Waals surface area (Å²) in [4.78, 5) is 51.1. The molecule has 1 atom stereocenters. The SMILES string of the molecule is NCCNC(=O)C1N(C(=O)c2ccc([N+](=O)[O-])cc2)CCN1C(=O)c1cc(F)cc(F)c1. The Morgan fingerprint density at radius 3 is 2.03 bits per heavy atom. The van der Waals surface area contributed by atoms with E-state index in [2.05, 4.69) is 5.32 Å². The van der Waals surface area contributed by atoms with Crippen molar-refractivity contribution < 1.29 is 28.1 Å². The van der Waals surface area contributed by atoms with Crippen LogP contribution < -0.4 is 11.1 Å². The molecule has 1 unspecified atom stereocenters. The minimum absolute atomic E-state index is 0.0416. The smallest absolute Gasteiger partial charge is 0.269 e. The Kier molecular flexibility index (Phi) is 6.73. The highest BCUT2D eigenvalue weighted by Crippen LogP contribution is 2.23. The van der Waals surface area contributed by atoms with Crippen LogP contribution in [0.15, 0.2) is 42.5 Å². The molecule has 2 aromatic carbocycles. The normalized spacial score (nSPS) is 15.5. The lowest BCUT2D eigenvalue weighted by molar-refractivity contribution is -0.384. The van der Waals surface area contributed by atoms with Crippen LogP contribution in [0.2, 0.25) is 0 Å². The maximum absolute atomic E-state index is 13.6. The van der Waals surface area contributed by atoms with E-state index >= 15 is 0 Å². The zero-order chi connectivity index (χ0) is 23.4. The summed E-state index contributed by atoms with van der Waals surface area (Å²) in [5, 5.41) is 13.3. The first-order valence-corrected chi connectivity index (χ1v) is 9.53. The second-order valence-electron chi connectivity index (χ2n) is 6.91. The lowest BCUT2D eigenvalue weighted by atomic mass is 10.1. The van der Waals surface area contributed by atoms with E-state index in [1.807, 2.05) is 0 Å². The van der Waals surface area contributed by atoms with Crippen molar-refractivity contribution in [3.63, 3.8) is 0 Å². The van der Waals surface area contributed by atoms with E-state index in [1.54, 1.807) is 0 Å². The first-order valence-electron chi connectivity index (χ1n) is 9.53. The highest BCUT2D eigenvalue weighted by atomic mass is 19.1. The van der Waals surface area contributed by atoms with Crippen molar-refractivity contribution in [3.8, 4) is 0 Å². The Bertz CT molecular complexity index is 1040. The molecule has 1 heterocycles. The van der Waals surface area contributed by atoms with Crippen molar-refractivity contribution in [3.05, 3.63) is 75.3 Å². The molecule has 2 aromatic rings. The fourth-order valence-corrected chi connectivity index (χ4v) is 3.36. The third-order valence-corrected chi connectivity index (χ3v) is 4.81. The van der Waals surface area contributed by atoms with Crippen LogP contribution in [-0.2, 0) is 4.79 Å². The van der Waals surface area contributed by atoms with E-state index < -0.39 is 40.4 Å². The Morgan fingerprint density at radius 2 is 1.53 bits per heavy atom. The summed E-state index contributed by atoms with van der Waals surface area (Å²) in [7, 11) is 0. The molecule has 1 aliphatic heterocycles. The summed E-state index contributed by atoms with van der Waals surface area (Å²) in [5.41, 5.74) is 4.94. The van der Waals surface area contributed by atoms with Gasteiger partial charge in [-0.3, -0.25) is 24.5 Å². The number of hydrogen-bond acceptors (Lipinski definition) is 6. The summed E-state index contributed by atoms with van der Waals surface area (Å²) < 4.78 is 27.2. The summed E-state index contributed by atoms with van der Waals surface area (Å²) in [6.45, 7) is 0.0692. The summed E-state index contributed by atoms with van der Waals surface area (Å²) in [5.74, 6) is -4.11. The number of amides is 3. The number of hydrogen-bond donors (Lipinski definition) is 2. The number of non-ortho nitro benzene ring substituents is 1. The molecule has 3 N–H and O–H groups in total. The van der Waals surface area contributed by atoms with Gasteiger partial charge in [0.1, 0.15) is 11.6 Å². The molecule has 12 heteroatoms. The number of nitrogens with two attached hydrogens (primary N) is 1. The van der Waals surface area contributed by atoms with Crippen molar-refractivity contribution in [1.29, 1.82) is 0 Å². The molecule has 0 bridgehead atoms. The molecule has 0 spiro atoms. The Labute approximate surface area is 180 Å². The van der Waals surface area contributed by atoms with E-state index in [-0.39, 0.29) is 43.0 Å². The van der Waals surface area contributed by atoms with Crippen LogP contribution in [0.4, 0.5) is 14.5 Å². The van der Waals surface area contributed by atoms with Gasteiger partial charge in [-0.2, -0.15) is 0 Å². The quantitative estimate of drug-likeness (QED) is 0.498. The van der Waals surface area contributed by atoms with Crippen LogP contribution in [0, 0.1) is 21.7 Å². The maximum atomic E-state index is 13.6. The van der Waals surface area contributed by atoms with Crippen LogP contribution in [-0.4, -0.2) is 64.8 Å². The lowest BCUT2D eigenvalue weighted by Crippen LogP contribution is -2.54. The molecule has 0 saturated carbocycles. The summed E-state index contributed by atoms with van der Waals surface area (Å²) in [6, 6.07) is 7.04. The van der Waals surface area contributed by atoms with Gasteiger partial charge in [-0.05, 0) is 24.3 Å². The van der Waals surface area contributed by atoms with Gasteiger partial charge < -0.3 is 20.9 Å². The number of nitro groups is 1. The first kappa shape index (κ1) is 22.7. The highest BCUT2D eigenvalue weighted by Gasteiger charge is 2.43. The van der Waals surface area contributed by atoms with Crippen LogP contribution >= 0.6 is 0 Å². The Balaban J connectivity index is 1.92. The molecule has 3 amide bonds. The number of nitro benzene ring substituents is 1. The Morgan fingerprint density at radius 1 is 1.00 bits per heavy atom. The van der Waals surface area contributed by atoms with Crippen LogP contribution in [0.25, 0.3) is 0 Å². The molecule has 10 nitrogen and oxygen atoms in total. The first-order chi connectivity index (χ1) is 15.2. The van der Waals surface area contributed by atoms with Crippen molar-refractivity contribution in [2.24, 2.45) is 5.73 Å². The van der Waals surface area contributed by atoms with E-state index in [4.69, 9.17) is 5.73 Å². The van der Waals surface area contributed by atoms with Gasteiger partial charge in [-0.1, -0.05) is 0 Å². The van der Waals surface area contributed by atoms with Gasteiger partial charge in [0.15, 0.2) is 6.17 Å². The van der Waals surface area contributed by atoms with E-state index in [0.29, 0.717) is 6.07 Å². The molecule has 3 rings (SSSR count). The lowest BCUT2D eigenvalue weighted by Gasteiger charge is -2.29. The standard InChI is InChI=1S/C20H19F2N5O5/c21-14-9-13(10-15(22)11-14)20(30)26-8-7-25(18(26)17(28)24-6-5-23)19(29)12-1-3-16(4-2-12)27(31)32/h1-4,9-11,18H,5-8,23H2,(H,24,28). The van der Waals surface area contributed by atoms with Crippen LogP contribution in [0.3, 0.4) is 0 Å². The molecular weight excluding hydrogens is 428 g/mol. The average molecular weight is 447 g/mol. The van der Waals surface area contributed by atoms with Crippen molar-refractivity contribution in [2.45, 2.75) is 6.17 Å². The fraction of sp³-hybridized carbons (Fsp3) is 0.250. The van der Waals surface area contributed by atoms with Crippen LogP contribution in [0.1, 0.15) is 20.7 Å². The Hall–Kier alpha value is -3.93. The van der Waals surface area contributed by atoms with Gasteiger partial charge >= 0.3 is 0 Å². The fourth-order valence-electron chi connectivity index (χ4n) is 3.36. The molecule has 1 saturated heterocycles. The molecule has 1 aliphatic rings. The number of carbonyl (C=O) groups excluding carboxylic acids is 3. The minimum Gasteiger partial charge on any atom is -0.351 e. The monoisotopic (exact) mass is 447 g/mol. The van der Waals surface area contributed by atoms with Crippen molar-refractivity contribution >= 4 is 23.4 Å². The van der Waals surface area contributed by atoms with E-state index in [0.717, 1.165) is 34.1 Å². The third kappa shape index (κ3) is 4.70. The predicted octanol–water partition coefficient (Wildman–Crippen LogP) is 0.872. The van der Waals surface area contributed by atoms with Gasteiger partial charge in [0.05, 0.1) is 4.92 Å². The molecule has 0 aromatic heterocycles. The second-order valence-corrected chi connectivity index (χ2v) is 6.91. The van der Waals surface area contributed by atoms with Gasteiger partial charge in [-0.25, -0.2) is 8.78 Å². The van der Waals surface area contributed by atoms with E-state index in [9.17, 15) is 33.3 Å². The van der Waals surface area contributed by atoms with Gasteiger partial charge in [-0.15, -0.1) is 0 Å². The zero-order valence-electron chi connectivity index (χ0n) is 16.7. The van der Waals surface area contributed by atoms with Gasteiger partial charge in [0.25, 0.3) is 23.4 Å². The molecule has 1 fully saturated rings. The topological polar surface area (TPSA) is 139 Å². The number of halogens is 2. The number of rotatable bonds is 6. The highest BCUT2D eigenvalue weighted by molar-refractivity contribution is 6.02. The van der Waals surface area contributed by atoms with Gasteiger partial charge in [0, 0.05) is 55.5 Å². The van der Waals surface area contributed by atoms with Crippen molar-refractivity contribution in [1.82, 2.24) is 15.1 Å². The predicted molar refractivity (Wildman–Crippen MR) is 107 cm³/mol. The second kappa shape index (κ2) is 9.47. The maximum Gasteiger partial charge on any atom is 0.269 e. The minimum atomic E-state index is -1.40. The van der Waals surface area contributed by atoms with Gasteiger partial charge in [0.2, 0.25) is 0 Å². The summed E-state index contributed by atoms with van der Waals surface area (Å²) >= 11 is 0. The molecular formula is C20H19F2N5O5. The molecule has 0 aliphatic carbocycles. The molecule has 168 valence electrons. The number of carbonyl (C=O) groups is 3. The zero-order valence-corrected chi connectivity index (χ0v) is 16.7.